The van der Waals surface area contributed by atoms with Crippen LogP contribution in [0.2, 0.25) is 0 Å². The molecule has 2 aliphatic rings. The van der Waals surface area contributed by atoms with E-state index in [1.165, 1.54) is 16.7 Å². The maximum atomic E-state index is 13.2. The minimum atomic E-state index is -0.129. The average Bonchev–Trinajstić information content (AvgIpc) is 2.67. The van der Waals surface area contributed by atoms with Gasteiger partial charge in [-0.05, 0) is 41.4 Å². The summed E-state index contributed by atoms with van der Waals surface area (Å²) in [6.07, 6.45) is 1.56. The molecule has 0 saturated carbocycles. The number of carbonyl (C=O) groups is 2. The first-order valence-electron chi connectivity index (χ1n) is 10.5. The van der Waals surface area contributed by atoms with Crippen molar-refractivity contribution in [2.45, 2.75) is 64.2 Å². The molecule has 29 heavy (non-hydrogen) atoms. The van der Waals surface area contributed by atoms with Crippen molar-refractivity contribution in [3.8, 4) is 0 Å². The number of hydrogen-bond donors (Lipinski definition) is 1. The van der Waals surface area contributed by atoms with Crippen molar-refractivity contribution in [1.82, 2.24) is 5.32 Å². The molecule has 1 amide bonds. The first kappa shape index (κ1) is 19.6. The molecule has 0 spiro atoms. The SMILES string of the molecule is Cc1ccc([C@@H]2CC(=O)NC3=C2C(=O)C[C@H](c2ccc(C(C)(C)C)cc2)C3)cc1. The van der Waals surface area contributed by atoms with Crippen molar-refractivity contribution in [1.29, 1.82) is 0 Å². The van der Waals surface area contributed by atoms with Crippen molar-refractivity contribution < 1.29 is 9.59 Å². The fourth-order valence-corrected chi connectivity index (χ4v) is 4.53. The molecule has 150 valence electrons. The van der Waals surface area contributed by atoms with Gasteiger partial charge in [0.2, 0.25) is 5.91 Å². The number of aryl methyl sites for hydroxylation is 1. The van der Waals surface area contributed by atoms with E-state index < -0.39 is 0 Å². The van der Waals surface area contributed by atoms with Crippen molar-refractivity contribution in [3.63, 3.8) is 0 Å². The summed E-state index contributed by atoms with van der Waals surface area (Å²) in [5.41, 5.74) is 6.44. The molecule has 3 nitrogen and oxygen atoms in total. The van der Waals surface area contributed by atoms with Crippen LogP contribution in [-0.2, 0) is 15.0 Å². The van der Waals surface area contributed by atoms with Crippen LogP contribution >= 0.6 is 0 Å². The summed E-state index contributed by atoms with van der Waals surface area (Å²) in [6, 6.07) is 16.8. The number of benzene rings is 2. The van der Waals surface area contributed by atoms with E-state index in [1.54, 1.807) is 0 Å². The van der Waals surface area contributed by atoms with Gasteiger partial charge >= 0.3 is 0 Å². The maximum Gasteiger partial charge on any atom is 0.225 e. The van der Waals surface area contributed by atoms with Crippen LogP contribution in [-0.4, -0.2) is 11.7 Å². The summed E-state index contributed by atoms with van der Waals surface area (Å²) in [7, 11) is 0. The Morgan fingerprint density at radius 3 is 2.07 bits per heavy atom. The number of ketones is 1. The standard InChI is InChI=1S/C26H29NO2/c1-16-5-7-18(8-6-16)21-15-24(29)27-22-13-19(14-23(28)25(21)22)17-9-11-20(12-10-17)26(2,3)4/h5-12,19,21H,13-15H2,1-4H3,(H,27,29)/t19-,21+/m1/s1. The van der Waals surface area contributed by atoms with Crippen LogP contribution in [0.25, 0.3) is 0 Å². The van der Waals surface area contributed by atoms with Crippen molar-refractivity contribution in [2.75, 3.05) is 0 Å². The summed E-state index contributed by atoms with van der Waals surface area (Å²) in [4.78, 5) is 25.6. The molecule has 0 saturated heterocycles. The molecule has 4 rings (SSSR count). The van der Waals surface area contributed by atoms with Gasteiger partial charge in [0.25, 0.3) is 0 Å². The molecule has 0 fully saturated rings. The van der Waals surface area contributed by atoms with Gasteiger partial charge in [0.15, 0.2) is 5.78 Å². The number of rotatable bonds is 2. The third-order valence-corrected chi connectivity index (χ3v) is 6.26. The largest absolute Gasteiger partial charge is 0.329 e. The van der Waals surface area contributed by atoms with E-state index >= 15 is 0 Å². The molecule has 2 atom stereocenters. The van der Waals surface area contributed by atoms with E-state index in [-0.39, 0.29) is 28.9 Å². The van der Waals surface area contributed by atoms with Crippen LogP contribution < -0.4 is 5.32 Å². The Morgan fingerprint density at radius 1 is 0.828 bits per heavy atom. The van der Waals surface area contributed by atoms with Crippen LogP contribution in [0.3, 0.4) is 0 Å². The Hall–Kier alpha value is -2.68. The Balaban J connectivity index is 1.65. The second-order valence-electron chi connectivity index (χ2n) is 9.51. The van der Waals surface area contributed by atoms with Crippen molar-refractivity contribution >= 4 is 11.7 Å². The van der Waals surface area contributed by atoms with Gasteiger partial charge in [-0.3, -0.25) is 9.59 Å². The highest BCUT2D eigenvalue weighted by Crippen LogP contribution is 2.42. The fourth-order valence-electron chi connectivity index (χ4n) is 4.53. The summed E-state index contributed by atoms with van der Waals surface area (Å²) >= 11 is 0. The first-order valence-corrected chi connectivity index (χ1v) is 10.5. The van der Waals surface area contributed by atoms with Crippen LogP contribution in [0.1, 0.15) is 74.1 Å². The predicted molar refractivity (Wildman–Crippen MR) is 116 cm³/mol. The van der Waals surface area contributed by atoms with Gasteiger partial charge in [0, 0.05) is 30.0 Å². The first-order chi connectivity index (χ1) is 13.7. The number of nitrogens with one attached hydrogen (secondary N) is 1. The average molecular weight is 388 g/mol. The van der Waals surface area contributed by atoms with E-state index in [2.05, 4.69) is 62.5 Å². The Bertz CT molecular complexity index is 975. The summed E-state index contributed by atoms with van der Waals surface area (Å²) in [5.74, 6) is 0.163. The Labute approximate surface area is 173 Å². The lowest BCUT2D eigenvalue weighted by atomic mass is 9.73. The highest BCUT2D eigenvalue weighted by Gasteiger charge is 2.38. The topological polar surface area (TPSA) is 46.2 Å². The van der Waals surface area contributed by atoms with Crippen LogP contribution in [0.4, 0.5) is 0 Å². The third-order valence-electron chi connectivity index (χ3n) is 6.26. The highest BCUT2D eigenvalue weighted by atomic mass is 16.2. The third kappa shape index (κ3) is 3.91. The van der Waals surface area contributed by atoms with Crippen LogP contribution in [0.15, 0.2) is 59.8 Å². The molecule has 2 aromatic rings. The lowest BCUT2D eigenvalue weighted by molar-refractivity contribution is -0.122. The van der Waals surface area contributed by atoms with E-state index in [0.29, 0.717) is 19.3 Å². The van der Waals surface area contributed by atoms with Gasteiger partial charge in [-0.1, -0.05) is 74.9 Å². The van der Waals surface area contributed by atoms with Gasteiger partial charge in [0.1, 0.15) is 0 Å². The number of hydrogen-bond acceptors (Lipinski definition) is 2. The van der Waals surface area contributed by atoms with Gasteiger partial charge in [-0.15, -0.1) is 0 Å². The quantitative estimate of drug-likeness (QED) is 0.760. The Kier molecular flexibility index (Phi) is 4.94. The molecule has 1 heterocycles. The van der Waals surface area contributed by atoms with Gasteiger partial charge in [-0.2, -0.15) is 0 Å². The Morgan fingerprint density at radius 2 is 1.45 bits per heavy atom. The molecule has 1 N–H and O–H groups in total. The second kappa shape index (κ2) is 7.29. The molecular weight excluding hydrogens is 358 g/mol. The van der Waals surface area contributed by atoms with Gasteiger partial charge < -0.3 is 5.32 Å². The molecule has 2 aromatic carbocycles. The van der Waals surface area contributed by atoms with Gasteiger partial charge in [0.05, 0.1) is 0 Å². The smallest absolute Gasteiger partial charge is 0.225 e. The second-order valence-corrected chi connectivity index (χ2v) is 9.51. The predicted octanol–water partition coefficient (Wildman–Crippen LogP) is 5.30. The zero-order chi connectivity index (χ0) is 20.8. The van der Waals surface area contributed by atoms with Crippen LogP contribution in [0, 0.1) is 6.92 Å². The molecule has 3 heteroatoms. The number of amides is 1. The summed E-state index contributed by atoms with van der Waals surface area (Å²) < 4.78 is 0. The fraction of sp³-hybridized carbons (Fsp3) is 0.385. The lowest BCUT2D eigenvalue weighted by Crippen LogP contribution is -2.38. The molecule has 0 radical (unpaired) electrons. The highest BCUT2D eigenvalue weighted by molar-refractivity contribution is 6.02. The van der Waals surface area contributed by atoms with E-state index in [1.807, 2.05) is 19.1 Å². The summed E-state index contributed by atoms with van der Waals surface area (Å²) in [5, 5.41) is 3.02. The lowest BCUT2D eigenvalue weighted by Gasteiger charge is -2.34. The van der Waals surface area contributed by atoms with Crippen LogP contribution in [0.5, 0.6) is 0 Å². The molecule has 0 bridgehead atoms. The normalized spacial score (nSPS) is 22.3. The maximum absolute atomic E-state index is 13.2. The number of allylic oxidation sites excluding steroid dienone is 2. The van der Waals surface area contributed by atoms with E-state index in [4.69, 9.17) is 0 Å². The van der Waals surface area contributed by atoms with Crippen molar-refractivity contribution in [3.05, 3.63) is 82.1 Å². The molecule has 0 aromatic heterocycles. The monoisotopic (exact) mass is 387 g/mol. The molecular formula is C26H29NO2. The zero-order valence-electron chi connectivity index (χ0n) is 17.7. The van der Waals surface area contributed by atoms with Gasteiger partial charge in [-0.25, -0.2) is 0 Å². The molecule has 1 aliphatic carbocycles. The van der Waals surface area contributed by atoms with E-state index in [9.17, 15) is 9.59 Å². The number of carbonyl (C=O) groups excluding carboxylic acids is 2. The minimum Gasteiger partial charge on any atom is -0.329 e. The molecule has 1 aliphatic heterocycles. The van der Waals surface area contributed by atoms with Crippen molar-refractivity contribution in [2.24, 2.45) is 0 Å². The minimum absolute atomic E-state index is 0.00542. The number of Topliss-reactive ketones (excluding diaryl/α,β-unsaturated/α-hetero) is 1. The molecule has 0 unspecified atom stereocenters. The van der Waals surface area contributed by atoms with E-state index in [0.717, 1.165) is 16.8 Å². The summed E-state index contributed by atoms with van der Waals surface area (Å²) in [6.45, 7) is 8.65. The zero-order valence-corrected chi connectivity index (χ0v) is 17.7.